The van der Waals surface area contributed by atoms with Crippen molar-refractivity contribution in [3.8, 4) is 0 Å². The maximum atomic E-state index is 12.0. The van der Waals surface area contributed by atoms with Crippen LogP contribution in [0.15, 0.2) is 42.5 Å². The van der Waals surface area contributed by atoms with Gasteiger partial charge in [0.15, 0.2) is 0 Å². The number of carbonyl (C=O) groups excluding carboxylic acids is 1. The van der Waals surface area contributed by atoms with Crippen LogP contribution < -0.4 is 0 Å². The maximum Gasteiger partial charge on any atom is 0.335 e. The van der Waals surface area contributed by atoms with Crippen LogP contribution in [0.3, 0.4) is 0 Å². The third kappa shape index (κ3) is 2.74. The first kappa shape index (κ1) is 15.6. The molecule has 0 fully saturated rings. The Morgan fingerprint density at radius 3 is 2.60 bits per heavy atom. The van der Waals surface area contributed by atoms with Crippen LogP contribution in [0, 0.1) is 6.92 Å². The van der Waals surface area contributed by atoms with E-state index in [0.29, 0.717) is 12.8 Å². The monoisotopic (exact) mass is 333 g/mol. The van der Waals surface area contributed by atoms with Crippen molar-refractivity contribution in [2.75, 3.05) is 0 Å². The lowest BCUT2D eigenvalue weighted by atomic mass is 9.94. The number of Topliss-reactive ketones (excluding diaryl/α,β-unsaturated/α-hetero) is 1. The molecule has 0 radical (unpaired) electrons. The molecule has 4 heteroatoms. The molecule has 2 aromatic carbocycles. The van der Waals surface area contributed by atoms with Gasteiger partial charge in [-0.3, -0.25) is 4.79 Å². The van der Waals surface area contributed by atoms with Gasteiger partial charge in [-0.25, -0.2) is 4.79 Å². The van der Waals surface area contributed by atoms with E-state index >= 15 is 0 Å². The summed E-state index contributed by atoms with van der Waals surface area (Å²) in [6.07, 6.45) is 1.68. The minimum atomic E-state index is -0.941. The summed E-state index contributed by atoms with van der Waals surface area (Å²) < 4.78 is 2.24. The summed E-state index contributed by atoms with van der Waals surface area (Å²) in [6.45, 7) is 2.79. The van der Waals surface area contributed by atoms with Crippen LogP contribution in [-0.2, 0) is 24.2 Å². The molecule has 1 aliphatic carbocycles. The fourth-order valence-electron chi connectivity index (χ4n) is 3.69. The molecule has 0 aliphatic heterocycles. The molecule has 25 heavy (non-hydrogen) atoms. The zero-order chi connectivity index (χ0) is 17.6. The van der Waals surface area contributed by atoms with Crippen LogP contribution in [0.5, 0.6) is 0 Å². The third-order valence-electron chi connectivity index (χ3n) is 5.01. The second-order valence-corrected chi connectivity index (χ2v) is 6.75. The molecule has 4 rings (SSSR count). The highest BCUT2D eigenvalue weighted by Gasteiger charge is 2.24. The largest absolute Gasteiger partial charge is 0.478 e. The summed E-state index contributed by atoms with van der Waals surface area (Å²) in [4.78, 5) is 23.3. The molecule has 0 saturated heterocycles. The highest BCUT2D eigenvalue weighted by molar-refractivity contribution is 5.98. The topological polar surface area (TPSA) is 59.3 Å². The van der Waals surface area contributed by atoms with E-state index < -0.39 is 5.97 Å². The lowest BCUT2D eigenvalue weighted by molar-refractivity contribution is -0.118. The molecule has 1 aliphatic rings. The molecular weight excluding hydrogens is 314 g/mol. The fourth-order valence-corrected chi connectivity index (χ4v) is 3.69. The average molecular weight is 333 g/mol. The number of aromatic nitrogens is 1. The van der Waals surface area contributed by atoms with Crippen molar-refractivity contribution in [2.24, 2.45) is 0 Å². The minimum absolute atomic E-state index is 0.225. The van der Waals surface area contributed by atoms with Crippen LogP contribution in [0.25, 0.3) is 10.9 Å². The standard InChI is InChI=1S/C21H19NO3/c1-13-2-4-14(5-3-13)12-22-19-8-6-15(21(24)25)10-17(19)18-11-16(23)7-9-20(18)22/h2-6,8,10H,7,9,11-12H2,1H3,(H,24,25). The lowest BCUT2D eigenvalue weighted by Crippen LogP contribution is -2.15. The van der Waals surface area contributed by atoms with E-state index in [2.05, 4.69) is 35.8 Å². The van der Waals surface area contributed by atoms with Gasteiger partial charge in [0.1, 0.15) is 5.78 Å². The molecule has 0 unspecified atom stereocenters. The van der Waals surface area contributed by atoms with Gasteiger partial charge in [-0.15, -0.1) is 0 Å². The van der Waals surface area contributed by atoms with Crippen molar-refractivity contribution in [3.63, 3.8) is 0 Å². The number of hydrogen-bond acceptors (Lipinski definition) is 2. The Hall–Kier alpha value is -2.88. The average Bonchev–Trinajstić information content (AvgIpc) is 2.89. The Morgan fingerprint density at radius 1 is 1.12 bits per heavy atom. The van der Waals surface area contributed by atoms with Crippen molar-refractivity contribution < 1.29 is 14.7 Å². The lowest BCUT2D eigenvalue weighted by Gasteiger charge is -2.15. The molecule has 0 bridgehead atoms. The van der Waals surface area contributed by atoms with Gasteiger partial charge in [-0.05, 0) is 42.7 Å². The molecule has 0 saturated carbocycles. The molecule has 0 spiro atoms. The summed E-state index contributed by atoms with van der Waals surface area (Å²) in [5.74, 6) is -0.716. The zero-order valence-electron chi connectivity index (χ0n) is 14.1. The molecular formula is C21H19NO3. The van der Waals surface area contributed by atoms with E-state index in [9.17, 15) is 14.7 Å². The number of ketones is 1. The van der Waals surface area contributed by atoms with Crippen molar-refractivity contribution in [1.82, 2.24) is 4.57 Å². The number of aromatic carboxylic acids is 1. The van der Waals surface area contributed by atoms with Crippen molar-refractivity contribution in [2.45, 2.75) is 32.7 Å². The predicted molar refractivity (Wildman–Crippen MR) is 96.2 cm³/mol. The first-order valence-corrected chi connectivity index (χ1v) is 8.47. The van der Waals surface area contributed by atoms with Crippen LogP contribution in [-0.4, -0.2) is 21.4 Å². The smallest absolute Gasteiger partial charge is 0.335 e. The first-order chi connectivity index (χ1) is 12.0. The van der Waals surface area contributed by atoms with Crippen LogP contribution in [0.1, 0.15) is 39.2 Å². The number of aryl methyl sites for hydroxylation is 1. The Labute approximate surface area is 145 Å². The van der Waals surface area contributed by atoms with Crippen molar-refractivity contribution in [3.05, 3.63) is 70.4 Å². The molecule has 0 amide bonds. The van der Waals surface area contributed by atoms with Crippen LogP contribution in [0.2, 0.25) is 0 Å². The molecule has 126 valence electrons. The number of carboxylic acid groups (broad SMARTS) is 1. The number of rotatable bonds is 3. The van der Waals surface area contributed by atoms with E-state index in [1.807, 2.05) is 6.07 Å². The summed E-state index contributed by atoms with van der Waals surface area (Å²) in [5, 5.41) is 10.2. The summed E-state index contributed by atoms with van der Waals surface area (Å²) in [5.41, 5.74) is 5.86. The molecule has 1 aromatic heterocycles. The quantitative estimate of drug-likeness (QED) is 0.794. The van der Waals surface area contributed by atoms with E-state index in [1.165, 1.54) is 11.1 Å². The molecule has 1 heterocycles. The second kappa shape index (κ2) is 5.88. The number of carboxylic acids is 1. The van der Waals surface area contributed by atoms with Gasteiger partial charge in [0.25, 0.3) is 0 Å². The van der Waals surface area contributed by atoms with E-state index in [-0.39, 0.29) is 11.3 Å². The molecule has 0 atom stereocenters. The minimum Gasteiger partial charge on any atom is -0.478 e. The number of hydrogen-bond donors (Lipinski definition) is 1. The molecule has 3 aromatic rings. The van der Waals surface area contributed by atoms with Crippen molar-refractivity contribution >= 4 is 22.7 Å². The van der Waals surface area contributed by atoms with Crippen LogP contribution in [0.4, 0.5) is 0 Å². The Kier molecular flexibility index (Phi) is 3.68. The fraction of sp³-hybridized carbons (Fsp3) is 0.238. The number of nitrogens with zero attached hydrogens (tertiary/aromatic N) is 1. The molecule has 1 N–H and O–H groups in total. The summed E-state index contributed by atoms with van der Waals surface area (Å²) in [7, 11) is 0. The Morgan fingerprint density at radius 2 is 1.88 bits per heavy atom. The van der Waals surface area contributed by atoms with E-state index in [0.717, 1.165) is 35.1 Å². The number of fused-ring (bicyclic) bond motifs is 3. The SMILES string of the molecule is Cc1ccc(Cn2c3c(c4cc(C(=O)O)ccc42)CC(=O)CC3)cc1. The summed E-state index contributed by atoms with van der Waals surface area (Å²) in [6, 6.07) is 13.7. The van der Waals surface area contributed by atoms with Crippen molar-refractivity contribution in [1.29, 1.82) is 0 Å². The first-order valence-electron chi connectivity index (χ1n) is 8.47. The van der Waals surface area contributed by atoms with Gasteiger partial charge in [0.2, 0.25) is 0 Å². The Balaban J connectivity index is 1.89. The Bertz CT molecular complexity index is 996. The normalized spacial score (nSPS) is 13.9. The highest BCUT2D eigenvalue weighted by Crippen LogP contribution is 2.32. The van der Waals surface area contributed by atoms with Gasteiger partial charge in [0, 0.05) is 36.0 Å². The number of carbonyl (C=O) groups is 2. The second-order valence-electron chi connectivity index (χ2n) is 6.75. The van der Waals surface area contributed by atoms with E-state index in [4.69, 9.17) is 0 Å². The van der Waals surface area contributed by atoms with Gasteiger partial charge in [0.05, 0.1) is 5.56 Å². The van der Waals surface area contributed by atoms with Gasteiger partial charge in [-0.1, -0.05) is 29.8 Å². The molecule has 4 nitrogen and oxygen atoms in total. The maximum absolute atomic E-state index is 12.0. The highest BCUT2D eigenvalue weighted by atomic mass is 16.4. The van der Waals surface area contributed by atoms with Crippen LogP contribution >= 0.6 is 0 Å². The van der Waals surface area contributed by atoms with E-state index in [1.54, 1.807) is 12.1 Å². The third-order valence-corrected chi connectivity index (χ3v) is 5.01. The van der Waals surface area contributed by atoms with Gasteiger partial charge < -0.3 is 9.67 Å². The van der Waals surface area contributed by atoms with Gasteiger partial charge >= 0.3 is 5.97 Å². The predicted octanol–water partition coefficient (Wildman–Crippen LogP) is 3.75. The zero-order valence-corrected chi connectivity index (χ0v) is 14.1. The number of benzene rings is 2. The summed E-state index contributed by atoms with van der Waals surface area (Å²) >= 11 is 0. The van der Waals surface area contributed by atoms with Gasteiger partial charge in [-0.2, -0.15) is 0 Å².